The van der Waals surface area contributed by atoms with Gasteiger partial charge in [0.15, 0.2) is 0 Å². The van der Waals surface area contributed by atoms with Crippen LogP contribution in [0.4, 0.5) is 4.79 Å². The number of carbonyl (C=O) groups is 1. The van der Waals surface area contributed by atoms with E-state index in [1.807, 2.05) is 36.2 Å². The van der Waals surface area contributed by atoms with Gasteiger partial charge in [-0.15, -0.1) is 0 Å². The Morgan fingerprint density at radius 1 is 1.26 bits per heavy atom. The second kappa shape index (κ2) is 8.65. The minimum absolute atomic E-state index is 0.0116. The number of hydrogen-bond acceptors (Lipinski definition) is 3. The van der Waals surface area contributed by atoms with Crippen LogP contribution in [0.3, 0.4) is 0 Å². The molecule has 0 heterocycles. The molecule has 0 saturated heterocycles. The third kappa shape index (κ3) is 5.34. The lowest BCUT2D eigenvalue weighted by molar-refractivity contribution is 0.159. The van der Waals surface area contributed by atoms with Crippen molar-refractivity contribution in [1.29, 1.82) is 0 Å². The Bertz CT molecular complexity index is 490. The van der Waals surface area contributed by atoms with Crippen molar-refractivity contribution in [3.63, 3.8) is 0 Å². The maximum atomic E-state index is 12.2. The number of benzene rings is 1. The lowest BCUT2D eigenvalue weighted by atomic mass is 9.86. The molecule has 1 aromatic carbocycles. The summed E-state index contributed by atoms with van der Waals surface area (Å²) in [6.45, 7) is 3.21. The molecule has 2 atom stereocenters. The van der Waals surface area contributed by atoms with Gasteiger partial charge in [-0.2, -0.15) is 0 Å². The minimum atomic E-state index is -0.0116. The predicted octanol–water partition coefficient (Wildman–Crippen LogP) is 3.29. The largest absolute Gasteiger partial charge is 0.497 e. The maximum absolute atomic E-state index is 12.2. The van der Waals surface area contributed by atoms with E-state index in [0.717, 1.165) is 24.3 Å². The van der Waals surface area contributed by atoms with Crippen molar-refractivity contribution in [3.05, 3.63) is 24.3 Å². The molecule has 5 nitrogen and oxygen atoms in total. The third-order valence-corrected chi connectivity index (χ3v) is 4.48. The van der Waals surface area contributed by atoms with Gasteiger partial charge in [-0.25, -0.2) is 4.79 Å². The second-order valence-electron chi connectivity index (χ2n) is 6.29. The maximum Gasteiger partial charge on any atom is 0.317 e. The monoisotopic (exact) mass is 320 g/mol. The molecule has 1 saturated carbocycles. The van der Waals surface area contributed by atoms with Crippen LogP contribution >= 0.6 is 0 Å². The van der Waals surface area contributed by atoms with Gasteiger partial charge < -0.3 is 19.7 Å². The van der Waals surface area contributed by atoms with Crippen LogP contribution in [0.2, 0.25) is 0 Å². The van der Waals surface area contributed by atoms with E-state index < -0.39 is 0 Å². The fraction of sp³-hybridized carbons (Fsp3) is 0.611. The Kier molecular flexibility index (Phi) is 6.56. The van der Waals surface area contributed by atoms with Crippen LogP contribution < -0.4 is 14.8 Å². The van der Waals surface area contributed by atoms with E-state index in [1.165, 1.54) is 12.8 Å². The second-order valence-corrected chi connectivity index (χ2v) is 6.29. The normalized spacial score (nSPS) is 20.7. The molecule has 1 aromatic rings. The summed E-state index contributed by atoms with van der Waals surface area (Å²) in [4.78, 5) is 14.0. The number of hydrogen-bond donors (Lipinski definition) is 1. The van der Waals surface area contributed by atoms with Crippen molar-refractivity contribution < 1.29 is 14.3 Å². The number of carbonyl (C=O) groups excluding carboxylic acids is 1. The first-order chi connectivity index (χ1) is 11.1. The van der Waals surface area contributed by atoms with E-state index in [1.54, 1.807) is 7.11 Å². The van der Waals surface area contributed by atoms with Crippen LogP contribution in [0.25, 0.3) is 0 Å². The lowest BCUT2D eigenvalue weighted by Crippen LogP contribution is -2.46. The van der Waals surface area contributed by atoms with E-state index in [0.29, 0.717) is 25.1 Å². The molecule has 0 spiro atoms. The SMILES string of the molecule is COc1ccc(OCCNC(=O)N(C)C2CCCC(C)C2)cc1. The van der Waals surface area contributed by atoms with Crippen LogP contribution in [0.15, 0.2) is 24.3 Å². The highest BCUT2D eigenvalue weighted by atomic mass is 16.5. The highest BCUT2D eigenvalue weighted by Crippen LogP contribution is 2.26. The van der Waals surface area contributed by atoms with Crippen molar-refractivity contribution in [3.8, 4) is 11.5 Å². The molecular weight excluding hydrogens is 292 g/mol. The van der Waals surface area contributed by atoms with Gasteiger partial charge >= 0.3 is 6.03 Å². The first kappa shape index (κ1) is 17.4. The van der Waals surface area contributed by atoms with Gasteiger partial charge in [-0.1, -0.05) is 19.8 Å². The average Bonchev–Trinajstić information content (AvgIpc) is 2.58. The van der Waals surface area contributed by atoms with Gasteiger partial charge in [0.25, 0.3) is 0 Å². The molecule has 0 aliphatic heterocycles. The molecule has 2 amide bonds. The fourth-order valence-corrected chi connectivity index (χ4v) is 3.04. The first-order valence-corrected chi connectivity index (χ1v) is 8.37. The molecule has 5 heteroatoms. The van der Waals surface area contributed by atoms with Crippen LogP contribution in [0.1, 0.15) is 32.6 Å². The zero-order valence-corrected chi connectivity index (χ0v) is 14.4. The highest BCUT2D eigenvalue weighted by molar-refractivity contribution is 5.74. The standard InChI is InChI=1S/C18H28N2O3/c1-14-5-4-6-15(13-14)20(2)18(21)19-11-12-23-17-9-7-16(22-3)8-10-17/h7-10,14-15H,4-6,11-13H2,1-3H3,(H,19,21). The van der Waals surface area contributed by atoms with Crippen molar-refractivity contribution in [2.75, 3.05) is 27.3 Å². The van der Waals surface area contributed by atoms with Crippen LogP contribution in [-0.4, -0.2) is 44.3 Å². The Balaban J connectivity index is 1.67. The van der Waals surface area contributed by atoms with Crippen molar-refractivity contribution in [2.24, 2.45) is 5.92 Å². The average molecular weight is 320 g/mol. The molecule has 1 aliphatic carbocycles. The van der Waals surface area contributed by atoms with Gasteiger partial charge in [0.05, 0.1) is 13.7 Å². The molecule has 2 unspecified atom stereocenters. The Hall–Kier alpha value is -1.91. The predicted molar refractivity (Wildman–Crippen MR) is 91.1 cm³/mol. The molecule has 128 valence electrons. The first-order valence-electron chi connectivity index (χ1n) is 8.37. The zero-order valence-electron chi connectivity index (χ0n) is 14.4. The number of rotatable bonds is 6. The van der Waals surface area contributed by atoms with Gasteiger partial charge in [0, 0.05) is 13.1 Å². The van der Waals surface area contributed by atoms with Gasteiger partial charge in [-0.05, 0) is 43.0 Å². The highest BCUT2D eigenvalue weighted by Gasteiger charge is 2.25. The van der Waals surface area contributed by atoms with E-state index >= 15 is 0 Å². The fourth-order valence-electron chi connectivity index (χ4n) is 3.04. The molecule has 2 rings (SSSR count). The summed E-state index contributed by atoms with van der Waals surface area (Å²) >= 11 is 0. The summed E-state index contributed by atoms with van der Waals surface area (Å²) in [5.74, 6) is 2.28. The van der Waals surface area contributed by atoms with Crippen LogP contribution in [0.5, 0.6) is 11.5 Å². The van der Waals surface area contributed by atoms with E-state index in [2.05, 4.69) is 12.2 Å². The molecule has 0 aromatic heterocycles. The summed E-state index contributed by atoms with van der Waals surface area (Å²) in [6.07, 6.45) is 4.70. The lowest BCUT2D eigenvalue weighted by Gasteiger charge is -2.34. The summed E-state index contributed by atoms with van der Waals surface area (Å²) < 4.78 is 10.7. The summed E-state index contributed by atoms with van der Waals surface area (Å²) in [5.41, 5.74) is 0. The molecule has 23 heavy (non-hydrogen) atoms. The molecule has 1 fully saturated rings. The van der Waals surface area contributed by atoms with Crippen LogP contribution in [-0.2, 0) is 0 Å². The quantitative estimate of drug-likeness (QED) is 0.818. The number of nitrogens with zero attached hydrogens (tertiary/aromatic N) is 1. The van der Waals surface area contributed by atoms with E-state index in [-0.39, 0.29) is 6.03 Å². The van der Waals surface area contributed by atoms with Crippen molar-refractivity contribution >= 4 is 6.03 Å². The molecule has 1 aliphatic rings. The smallest absolute Gasteiger partial charge is 0.317 e. The van der Waals surface area contributed by atoms with Gasteiger partial charge in [-0.3, -0.25) is 0 Å². The molecule has 0 bridgehead atoms. The number of methoxy groups -OCH3 is 1. The topological polar surface area (TPSA) is 50.8 Å². The number of nitrogens with one attached hydrogen (secondary N) is 1. The number of amides is 2. The van der Waals surface area contributed by atoms with Gasteiger partial charge in [0.2, 0.25) is 0 Å². The van der Waals surface area contributed by atoms with Crippen molar-refractivity contribution in [1.82, 2.24) is 10.2 Å². The van der Waals surface area contributed by atoms with Gasteiger partial charge in [0.1, 0.15) is 18.1 Å². The third-order valence-electron chi connectivity index (χ3n) is 4.48. The van der Waals surface area contributed by atoms with Crippen LogP contribution in [0, 0.1) is 5.92 Å². The Morgan fingerprint density at radius 2 is 1.96 bits per heavy atom. The molecular formula is C18H28N2O3. The van der Waals surface area contributed by atoms with E-state index in [4.69, 9.17) is 9.47 Å². The summed E-state index contributed by atoms with van der Waals surface area (Å²) in [6, 6.07) is 7.77. The summed E-state index contributed by atoms with van der Waals surface area (Å²) in [7, 11) is 3.53. The Labute approximate surface area is 139 Å². The minimum Gasteiger partial charge on any atom is -0.497 e. The number of urea groups is 1. The van der Waals surface area contributed by atoms with Crippen molar-refractivity contribution in [2.45, 2.75) is 38.6 Å². The molecule has 1 N–H and O–H groups in total. The Morgan fingerprint density at radius 3 is 2.61 bits per heavy atom. The van der Waals surface area contributed by atoms with E-state index in [9.17, 15) is 4.79 Å². The summed E-state index contributed by atoms with van der Waals surface area (Å²) in [5, 5.41) is 2.92. The zero-order chi connectivity index (χ0) is 16.7. The number of ether oxygens (including phenoxy) is 2. The molecule has 0 radical (unpaired) electrons.